The molecule has 1 atom stereocenters. The van der Waals surface area contributed by atoms with Crippen LogP contribution < -0.4 is 5.32 Å². The molecule has 2 N–H and O–H groups in total. The summed E-state index contributed by atoms with van der Waals surface area (Å²) in [5.74, 6) is 0.880. The topological polar surface area (TPSA) is 58.5 Å². The van der Waals surface area contributed by atoms with Gasteiger partial charge in [-0.1, -0.05) is 29.8 Å². The van der Waals surface area contributed by atoms with Crippen LogP contribution in [0.2, 0.25) is 5.02 Å². The van der Waals surface area contributed by atoms with Crippen LogP contribution in [-0.4, -0.2) is 19.7 Å². The lowest BCUT2D eigenvalue weighted by molar-refractivity contribution is 0.452. The average Bonchev–Trinajstić information content (AvgIpc) is 3.30. The first-order valence-electron chi connectivity index (χ1n) is 9.69. The van der Waals surface area contributed by atoms with Crippen LogP contribution in [0, 0.1) is 6.92 Å². The Morgan fingerprint density at radius 3 is 3.00 bits per heavy atom. The molecule has 0 fully saturated rings. The van der Waals surface area contributed by atoms with Crippen molar-refractivity contribution in [3.63, 3.8) is 0 Å². The molecule has 0 saturated carbocycles. The zero-order chi connectivity index (χ0) is 19.1. The highest BCUT2D eigenvalue weighted by atomic mass is 35.5. The van der Waals surface area contributed by atoms with Crippen molar-refractivity contribution in [3.8, 4) is 5.82 Å². The monoisotopic (exact) mass is 391 g/mol. The number of aromatic amines is 1. The van der Waals surface area contributed by atoms with E-state index in [4.69, 9.17) is 11.6 Å². The number of aromatic nitrogens is 4. The van der Waals surface area contributed by atoms with Gasteiger partial charge in [0.15, 0.2) is 5.82 Å². The molecule has 0 bridgehead atoms. The fourth-order valence-electron chi connectivity index (χ4n) is 4.22. The average molecular weight is 392 g/mol. The molecule has 0 saturated heterocycles. The maximum Gasteiger partial charge on any atom is 0.153 e. The molecule has 0 aliphatic heterocycles. The number of fused-ring (bicyclic) bond motifs is 2. The summed E-state index contributed by atoms with van der Waals surface area (Å²) in [6.07, 6.45) is 7.09. The SMILES string of the molecule is Cc1c(CN[C@@H]2CCCc3c2cnn3-c2ccccn2)[nH]c2c(Cl)cccc12. The summed E-state index contributed by atoms with van der Waals surface area (Å²) in [5, 5.41) is 10.3. The minimum Gasteiger partial charge on any atom is -0.356 e. The van der Waals surface area contributed by atoms with Gasteiger partial charge >= 0.3 is 0 Å². The number of pyridine rings is 1. The molecule has 0 amide bonds. The van der Waals surface area contributed by atoms with Gasteiger partial charge in [-0.05, 0) is 49.9 Å². The van der Waals surface area contributed by atoms with Crippen molar-refractivity contribution in [2.75, 3.05) is 0 Å². The quantitative estimate of drug-likeness (QED) is 0.521. The first kappa shape index (κ1) is 17.5. The molecule has 4 aromatic rings. The number of para-hydroxylation sites is 1. The summed E-state index contributed by atoms with van der Waals surface area (Å²) < 4.78 is 1.98. The van der Waals surface area contributed by atoms with Crippen LogP contribution in [0.4, 0.5) is 0 Å². The fourth-order valence-corrected chi connectivity index (χ4v) is 4.44. The van der Waals surface area contributed by atoms with Crippen molar-refractivity contribution in [2.45, 2.75) is 38.8 Å². The van der Waals surface area contributed by atoms with Crippen molar-refractivity contribution in [2.24, 2.45) is 0 Å². The molecule has 5 nitrogen and oxygen atoms in total. The van der Waals surface area contributed by atoms with E-state index in [1.54, 1.807) is 0 Å². The van der Waals surface area contributed by atoms with E-state index in [1.807, 2.05) is 47.4 Å². The molecule has 1 aliphatic carbocycles. The predicted molar refractivity (Wildman–Crippen MR) is 112 cm³/mol. The standard InChI is InChI=1S/C22H22ClN5/c1-14-15-6-4-7-17(23)22(15)27-19(14)13-25-18-8-5-9-20-16(18)12-26-28(20)21-10-2-3-11-24-21/h2-4,6-7,10-12,18,25,27H,5,8-9,13H2,1H3/t18-/m1/s1. The molecule has 0 radical (unpaired) electrons. The normalized spacial score (nSPS) is 16.4. The number of hydrogen-bond acceptors (Lipinski definition) is 3. The minimum absolute atomic E-state index is 0.294. The predicted octanol–water partition coefficient (Wildman–Crippen LogP) is 4.88. The molecule has 28 heavy (non-hydrogen) atoms. The molecular weight excluding hydrogens is 370 g/mol. The van der Waals surface area contributed by atoms with Gasteiger partial charge in [-0.2, -0.15) is 5.10 Å². The Morgan fingerprint density at radius 1 is 1.25 bits per heavy atom. The molecular formula is C22H22ClN5. The Morgan fingerprint density at radius 2 is 2.18 bits per heavy atom. The number of H-pyrrole nitrogens is 1. The second kappa shape index (κ2) is 7.08. The van der Waals surface area contributed by atoms with Crippen molar-refractivity contribution < 1.29 is 0 Å². The fraction of sp³-hybridized carbons (Fsp3) is 0.273. The summed E-state index contributed by atoms with van der Waals surface area (Å²) in [5.41, 5.74) is 6.01. The van der Waals surface area contributed by atoms with E-state index in [2.05, 4.69) is 33.4 Å². The molecule has 6 heteroatoms. The third-order valence-electron chi connectivity index (χ3n) is 5.72. The summed E-state index contributed by atoms with van der Waals surface area (Å²) in [4.78, 5) is 7.96. The van der Waals surface area contributed by atoms with Crippen LogP contribution in [0.1, 0.15) is 41.4 Å². The zero-order valence-corrected chi connectivity index (χ0v) is 16.5. The number of hydrogen-bond donors (Lipinski definition) is 2. The molecule has 1 aliphatic rings. The molecule has 0 unspecified atom stereocenters. The Kier molecular flexibility index (Phi) is 4.41. The second-order valence-corrected chi connectivity index (χ2v) is 7.77. The highest BCUT2D eigenvalue weighted by molar-refractivity contribution is 6.35. The first-order chi connectivity index (χ1) is 13.7. The minimum atomic E-state index is 0.294. The molecule has 142 valence electrons. The highest BCUT2D eigenvalue weighted by Crippen LogP contribution is 2.32. The van der Waals surface area contributed by atoms with E-state index >= 15 is 0 Å². The van der Waals surface area contributed by atoms with Gasteiger partial charge in [0.25, 0.3) is 0 Å². The van der Waals surface area contributed by atoms with Crippen molar-refractivity contribution in [1.29, 1.82) is 0 Å². The van der Waals surface area contributed by atoms with Crippen molar-refractivity contribution in [3.05, 3.63) is 76.3 Å². The van der Waals surface area contributed by atoms with E-state index in [9.17, 15) is 0 Å². The number of halogens is 1. The smallest absolute Gasteiger partial charge is 0.153 e. The second-order valence-electron chi connectivity index (χ2n) is 7.36. The van der Waals surface area contributed by atoms with Gasteiger partial charge in [-0.3, -0.25) is 0 Å². The Labute approximate surface area is 168 Å². The Hall–Kier alpha value is -2.63. The van der Waals surface area contributed by atoms with Gasteiger partial charge in [0.2, 0.25) is 0 Å². The molecule has 3 aromatic heterocycles. The lowest BCUT2D eigenvalue weighted by atomic mass is 9.93. The van der Waals surface area contributed by atoms with Crippen LogP contribution in [-0.2, 0) is 13.0 Å². The van der Waals surface area contributed by atoms with Crippen LogP contribution in [0.25, 0.3) is 16.7 Å². The van der Waals surface area contributed by atoms with Gasteiger partial charge in [0.05, 0.1) is 22.4 Å². The third-order valence-corrected chi connectivity index (χ3v) is 6.04. The number of benzene rings is 1. The van der Waals surface area contributed by atoms with Gasteiger partial charge < -0.3 is 10.3 Å². The van der Waals surface area contributed by atoms with Crippen molar-refractivity contribution >= 4 is 22.5 Å². The van der Waals surface area contributed by atoms with E-state index in [0.717, 1.165) is 42.2 Å². The number of rotatable bonds is 4. The highest BCUT2D eigenvalue weighted by Gasteiger charge is 2.25. The lowest BCUT2D eigenvalue weighted by Crippen LogP contribution is -2.25. The molecule has 3 heterocycles. The van der Waals surface area contributed by atoms with Crippen molar-refractivity contribution in [1.82, 2.24) is 25.1 Å². The maximum absolute atomic E-state index is 6.35. The lowest BCUT2D eigenvalue weighted by Gasteiger charge is -2.24. The Balaban J connectivity index is 1.41. The summed E-state index contributed by atoms with van der Waals surface area (Å²) in [7, 11) is 0. The van der Waals surface area contributed by atoms with E-state index in [1.165, 1.54) is 27.9 Å². The number of aryl methyl sites for hydroxylation is 1. The number of nitrogens with zero attached hydrogens (tertiary/aromatic N) is 3. The molecule has 0 spiro atoms. The summed E-state index contributed by atoms with van der Waals surface area (Å²) in [6.45, 7) is 2.92. The Bertz CT molecular complexity index is 1130. The van der Waals surface area contributed by atoms with Gasteiger partial charge in [0.1, 0.15) is 0 Å². The molecule has 1 aromatic carbocycles. The van der Waals surface area contributed by atoms with Gasteiger partial charge in [-0.25, -0.2) is 9.67 Å². The van der Waals surface area contributed by atoms with Crippen LogP contribution >= 0.6 is 11.6 Å². The van der Waals surface area contributed by atoms with Crippen LogP contribution in [0.3, 0.4) is 0 Å². The molecule has 5 rings (SSSR count). The maximum atomic E-state index is 6.35. The zero-order valence-electron chi connectivity index (χ0n) is 15.7. The van der Waals surface area contributed by atoms with E-state index < -0.39 is 0 Å². The van der Waals surface area contributed by atoms with E-state index in [0.29, 0.717) is 6.04 Å². The first-order valence-corrected chi connectivity index (χ1v) is 10.1. The largest absolute Gasteiger partial charge is 0.356 e. The van der Waals surface area contributed by atoms with Crippen LogP contribution in [0.15, 0.2) is 48.8 Å². The van der Waals surface area contributed by atoms with Crippen LogP contribution in [0.5, 0.6) is 0 Å². The summed E-state index contributed by atoms with van der Waals surface area (Å²) in [6, 6.07) is 12.3. The van der Waals surface area contributed by atoms with Gasteiger partial charge in [-0.15, -0.1) is 0 Å². The summed E-state index contributed by atoms with van der Waals surface area (Å²) >= 11 is 6.35. The van der Waals surface area contributed by atoms with Gasteiger partial charge in [0, 0.05) is 35.4 Å². The number of nitrogens with one attached hydrogen (secondary N) is 2. The third kappa shape index (κ3) is 2.91. The van der Waals surface area contributed by atoms with E-state index in [-0.39, 0.29) is 0 Å².